The minimum atomic E-state index is 0.848. The molecule has 0 amide bonds. The molecular weight excluding hydrogens is 248 g/mol. The zero-order chi connectivity index (χ0) is 14.1. The van der Waals surface area contributed by atoms with Crippen LogP contribution in [0.15, 0.2) is 24.3 Å². The number of piperidine rings is 1. The first-order valence-electron chi connectivity index (χ1n) is 7.37. The Bertz CT molecular complexity index is 616. The second-order valence-electron chi connectivity index (χ2n) is 5.84. The van der Waals surface area contributed by atoms with Crippen molar-refractivity contribution >= 4 is 16.6 Å². The smallest absolute Gasteiger partial charge is 0.121 e. The lowest BCUT2D eigenvalue weighted by atomic mass is 9.98. The quantitative estimate of drug-likeness (QED) is 0.830. The first-order chi connectivity index (χ1) is 9.67. The predicted octanol–water partition coefficient (Wildman–Crippen LogP) is 3.79. The van der Waals surface area contributed by atoms with Gasteiger partial charge in [0.05, 0.1) is 12.6 Å². The van der Waals surface area contributed by atoms with Crippen molar-refractivity contribution < 1.29 is 4.74 Å². The number of aromatic nitrogens is 1. The van der Waals surface area contributed by atoms with E-state index >= 15 is 0 Å². The fourth-order valence-electron chi connectivity index (χ4n) is 2.96. The number of pyridine rings is 1. The Morgan fingerprint density at radius 1 is 1.20 bits per heavy atom. The van der Waals surface area contributed by atoms with Crippen LogP contribution in [-0.2, 0) is 0 Å². The summed E-state index contributed by atoms with van der Waals surface area (Å²) in [7, 11) is 1.70. The van der Waals surface area contributed by atoms with Crippen LogP contribution in [0.2, 0.25) is 0 Å². The highest BCUT2D eigenvalue weighted by atomic mass is 16.5. The molecule has 0 atom stereocenters. The molecule has 2 aromatic rings. The summed E-state index contributed by atoms with van der Waals surface area (Å²) >= 11 is 0. The Balaban J connectivity index is 2.05. The molecule has 0 unspecified atom stereocenters. The van der Waals surface area contributed by atoms with Crippen molar-refractivity contribution in [3.05, 3.63) is 30.0 Å². The fraction of sp³-hybridized carbons (Fsp3) is 0.471. The molecule has 1 aromatic heterocycles. The third kappa shape index (κ3) is 2.45. The molecule has 20 heavy (non-hydrogen) atoms. The van der Waals surface area contributed by atoms with E-state index in [1.54, 1.807) is 7.11 Å². The molecule has 3 nitrogen and oxygen atoms in total. The molecule has 0 aliphatic carbocycles. The Morgan fingerprint density at radius 2 is 1.95 bits per heavy atom. The van der Waals surface area contributed by atoms with Gasteiger partial charge in [-0.3, -0.25) is 4.98 Å². The lowest BCUT2D eigenvalue weighted by molar-refractivity contribution is 0.415. The van der Waals surface area contributed by atoms with E-state index in [1.807, 2.05) is 12.1 Å². The molecule has 3 rings (SSSR count). The Morgan fingerprint density at radius 3 is 2.65 bits per heavy atom. The highest BCUT2D eigenvalue weighted by Gasteiger charge is 2.18. The van der Waals surface area contributed by atoms with Gasteiger partial charge in [-0.25, -0.2) is 0 Å². The lowest BCUT2D eigenvalue weighted by Crippen LogP contribution is -2.33. The summed E-state index contributed by atoms with van der Waals surface area (Å²) in [5.74, 6) is 1.72. The average Bonchev–Trinajstić information content (AvgIpc) is 2.46. The van der Waals surface area contributed by atoms with Crippen molar-refractivity contribution in [2.75, 3.05) is 25.1 Å². The standard InChI is InChI=1S/C17H22N2O/c1-12-6-8-19(9-7-12)17-10-13(2)18-16-11-14(20-3)4-5-15(16)17/h4-5,10-12H,6-9H2,1-3H3. The van der Waals surface area contributed by atoms with Gasteiger partial charge in [0, 0.05) is 35.9 Å². The Kier molecular flexibility index (Phi) is 3.51. The second-order valence-corrected chi connectivity index (χ2v) is 5.84. The molecule has 1 aliphatic rings. The van der Waals surface area contributed by atoms with Crippen LogP contribution < -0.4 is 9.64 Å². The summed E-state index contributed by atoms with van der Waals surface area (Å²) in [5, 5.41) is 1.23. The number of hydrogen-bond donors (Lipinski definition) is 0. The summed E-state index contributed by atoms with van der Waals surface area (Å²) in [5.41, 5.74) is 3.42. The molecular formula is C17H22N2O. The molecule has 2 heterocycles. The Labute approximate surface area is 120 Å². The predicted molar refractivity (Wildman–Crippen MR) is 83.6 cm³/mol. The Hall–Kier alpha value is -1.77. The molecule has 1 aromatic carbocycles. The van der Waals surface area contributed by atoms with Gasteiger partial charge in [-0.2, -0.15) is 0 Å². The van der Waals surface area contributed by atoms with Crippen LogP contribution in [0.1, 0.15) is 25.5 Å². The number of benzene rings is 1. The molecule has 0 bridgehead atoms. The van der Waals surface area contributed by atoms with Crippen molar-refractivity contribution in [1.82, 2.24) is 4.98 Å². The van der Waals surface area contributed by atoms with Crippen LogP contribution >= 0.6 is 0 Å². The van der Waals surface area contributed by atoms with E-state index in [0.29, 0.717) is 0 Å². The van der Waals surface area contributed by atoms with Gasteiger partial charge in [0.2, 0.25) is 0 Å². The van der Waals surface area contributed by atoms with Crippen molar-refractivity contribution in [2.24, 2.45) is 5.92 Å². The average molecular weight is 270 g/mol. The van der Waals surface area contributed by atoms with Crippen LogP contribution in [-0.4, -0.2) is 25.2 Å². The van der Waals surface area contributed by atoms with Gasteiger partial charge in [0.1, 0.15) is 5.75 Å². The topological polar surface area (TPSA) is 25.4 Å². The van der Waals surface area contributed by atoms with Gasteiger partial charge < -0.3 is 9.64 Å². The summed E-state index contributed by atoms with van der Waals surface area (Å²) in [4.78, 5) is 7.15. The normalized spacial score (nSPS) is 16.6. The van der Waals surface area contributed by atoms with Crippen LogP contribution in [0, 0.1) is 12.8 Å². The molecule has 1 aliphatic heterocycles. The van der Waals surface area contributed by atoms with Gasteiger partial charge >= 0.3 is 0 Å². The van der Waals surface area contributed by atoms with Crippen LogP contribution in [0.25, 0.3) is 10.9 Å². The van der Waals surface area contributed by atoms with Crippen molar-refractivity contribution in [3.63, 3.8) is 0 Å². The summed E-state index contributed by atoms with van der Waals surface area (Å²) in [6, 6.07) is 8.40. The number of aryl methyl sites for hydroxylation is 1. The zero-order valence-corrected chi connectivity index (χ0v) is 12.5. The first-order valence-corrected chi connectivity index (χ1v) is 7.37. The van der Waals surface area contributed by atoms with E-state index in [9.17, 15) is 0 Å². The number of anilines is 1. The number of fused-ring (bicyclic) bond motifs is 1. The highest BCUT2D eigenvalue weighted by Crippen LogP contribution is 2.31. The van der Waals surface area contributed by atoms with E-state index in [2.05, 4.69) is 35.9 Å². The maximum Gasteiger partial charge on any atom is 0.121 e. The van der Waals surface area contributed by atoms with Crippen molar-refractivity contribution in [2.45, 2.75) is 26.7 Å². The lowest BCUT2D eigenvalue weighted by Gasteiger charge is -2.33. The number of hydrogen-bond acceptors (Lipinski definition) is 3. The van der Waals surface area contributed by atoms with Gasteiger partial charge in [0.15, 0.2) is 0 Å². The summed E-state index contributed by atoms with van der Waals surface area (Å²) < 4.78 is 5.31. The maximum absolute atomic E-state index is 5.31. The van der Waals surface area contributed by atoms with Crippen molar-refractivity contribution in [1.29, 1.82) is 0 Å². The van der Waals surface area contributed by atoms with Gasteiger partial charge in [0.25, 0.3) is 0 Å². The SMILES string of the molecule is COc1ccc2c(N3CCC(C)CC3)cc(C)nc2c1. The molecule has 0 radical (unpaired) electrons. The number of ether oxygens (including phenoxy) is 1. The molecule has 1 saturated heterocycles. The van der Waals surface area contributed by atoms with Crippen LogP contribution in [0.3, 0.4) is 0 Å². The fourth-order valence-corrected chi connectivity index (χ4v) is 2.96. The largest absolute Gasteiger partial charge is 0.497 e. The van der Waals surface area contributed by atoms with E-state index in [-0.39, 0.29) is 0 Å². The molecule has 0 spiro atoms. The summed E-state index contributed by atoms with van der Waals surface area (Å²) in [6.45, 7) is 6.70. The molecule has 3 heteroatoms. The number of rotatable bonds is 2. The molecule has 0 N–H and O–H groups in total. The van der Waals surface area contributed by atoms with E-state index in [1.165, 1.54) is 23.9 Å². The second kappa shape index (κ2) is 5.31. The van der Waals surface area contributed by atoms with E-state index in [0.717, 1.165) is 36.0 Å². The molecule has 0 saturated carbocycles. The minimum Gasteiger partial charge on any atom is -0.497 e. The summed E-state index contributed by atoms with van der Waals surface area (Å²) in [6.07, 6.45) is 2.55. The zero-order valence-electron chi connectivity index (χ0n) is 12.5. The third-order valence-corrected chi connectivity index (χ3v) is 4.25. The van der Waals surface area contributed by atoms with Crippen LogP contribution in [0.5, 0.6) is 5.75 Å². The van der Waals surface area contributed by atoms with Gasteiger partial charge in [-0.05, 0) is 43.9 Å². The maximum atomic E-state index is 5.31. The van der Waals surface area contributed by atoms with Crippen LogP contribution in [0.4, 0.5) is 5.69 Å². The first kappa shape index (κ1) is 13.2. The monoisotopic (exact) mass is 270 g/mol. The highest BCUT2D eigenvalue weighted by molar-refractivity contribution is 5.92. The van der Waals surface area contributed by atoms with E-state index in [4.69, 9.17) is 4.74 Å². The third-order valence-electron chi connectivity index (χ3n) is 4.25. The van der Waals surface area contributed by atoms with Gasteiger partial charge in [-0.15, -0.1) is 0 Å². The van der Waals surface area contributed by atoms with Gasteiger partial charge in [-0.1, -0.05) is 6.92 Å². The number of methoxy groups -OCH3 is 1. The molecule has 1 fully saturated rings. The minimum absolute atomic E-state index is 0.848. The van der Waals surface area contributed by atoms with E-state index < -0.39 is 0 Å². The molecule has 106 valence electrons. The number of nitrogens with zero attached hydrogens (tertiary/aromatic N) is 2. The van der Waals surface area contributed by atoms with Crippen molar-refractivity contribution in [3.8, 4) is 5.75 Å².